The van der Waals surface area contributed by atoms with Crippen LogP contribution in [0.5, 0.6) is 0 Å². The molecule has 0 amide bonds. The molecule has 0 saturated heterocycles. The van der Waals surface area contributed by atoms with Crippen LogP contribution in [0, 0.1) is 5.82 Å². The van der Waals surface area contributed by atoms with Gasteiger partial charge in [-0.05, 0) is 29.8 Å². The molecule has 0 saturated carbocycles. The quantitative estimate of drug-likeness (QED) is 0.550. The van der Waals surface area contributed by atoms with E-state index in [2.05, 4.69) is 4.98 Å². The summed E-state index contributed by atoms with van der Waals surface area (Å²) >= 11 is 6.09. The molecule has 0 aliphatic rings. The van der Waals surface area contributed by atoms with Crippen molar-refractivity contribution in [1.82, 2.24) is 4.98 Å². The summed E-state index contributed by atoms with van der Waals surface area (Å²) in [5, 5.41) is 9.73. The normalized spacial score (nSPS) is 11.5. The number of carboxylic acids is 1. The number of benzene rings is 2. The minimum Gasteiger partial charge on any atom is -0.478 e. The van der Waals surface area contributed by atoms with Crippen LogP contribution >= 0.6 is 11.6 Å². The average molecular weight is 410 g/mol. The van der Waals surface area contributed by atoms with Crippen molar-refractivity contribution in [2.24, 2.45) is 0 Å². The second-order valence-electron chi connectivity index (χ2n) is 5.96. The number of alkyl halides is 3. The Bertz CT molecular complexity index is 1050. The van der Waals surface area contributed by atoms with Gasteiger partial charge >= 0.3 is 12.1 Å². The van der Waals surface area contributed by atoms with Gasteiger partial charge in [-0.25, -0.2) is 14.2 Å². The number of pyridine rings is 1. The van der Waals surface area contributed by atoms with Crippen molar-refractivity contribution in [3.8, 4) is 11.3 Å². The van der Waals surface area contributed by atoms with Gasteiger partial charge in [0.15, 0.2) is 0 Å². The first-order valence-electron chi connectivity index (χ1n) is 8.00. The van der Waals surface area contributed by atoms with Crippen LogP contribution in [0.1, 0.15) is 27.2 Å². The summed E-state index contributed by atoms with van der Waals surface area (Å²) in [6.07, 6.45) is -4.62. The molecule has 0 spiro atoms. The Morgan fingerprint density at radius 3 is 2.43 bits per heavy atom. The Morgan fingerprint density at radius 2 is 1.79 bits per heavy atom. The molecule has 1 aromatic heterocycles. The van der Waals surface area contributed by atoms with E-state index in [0.717, 1.165) is 24.3 Å². The highest BCUT2D eigenvalue weighted by molar-refractivity contribution is 6.31. The van der Waals surface area contributed by atoms with Gasteiger partial charge in [0.1, 0.15) is 11.5 Å². The number of carboxylic acid groups (broad SMARTS) is 1. The molecule has 28 heavy (non-hydrogen) atoms. The third kappa shape index (κ3) is 4.14. The fourth-order valence-corrected chi connectivity index (χ4v) is 2.92. The van der Waals surface area contributed by atoms with E-state index in [9.17, 15) is 27.5 Å². The molecule has 3 rings (SSSR count). The summed E-state index contributed by atoms with van der Waals surface area (Å²) in [6.45, 7) is 0. The Morgan fingerprint density at radius 1 is 1.07 bits per heavy atom. The Balaban J connectivity index is 2.14. The van der Waals surface area contributed by atoms with Crippen molar-refractivity contribution in [3.05, 3.63) is 87.8 Å². The van der Waals surface area contributed by atoms with Crippen LogP contribution in [-0.2, 0) is 12.6 Å². The number of nitrogens with zero attached hydrogens (tertiary/aromatic N) is 1. The molecule has 0 unspecified atom stereocenters. The summed E-state index contributed by atoms with van der Waals surface area (Å²) < 4.78 is 53.4. The second-order valence-corrected chi connectivity index (χ2v) is 6.37. The van der Waals surface area contributed by atoms with Crippen molar-refractivity contribution in [1.29, 1.82) is 0 Å². The Kier molecular flexibility index (Phi) is 5.38. The van der Waals surface area contributed by atoms with E-state index in [1.165, 1.54) is 6.07 Å². The lowest BCUT2D eigenvalue weighted by molar-refractivity contribution is -0.137. The highest BCUT2D eigenvalue weighted by atomic mass is 35.5. The van der Waals surface area contributed by atoms with Gasteiger partial charge in [0.05, 0.1) is 16.8 Å². The van der Waals surface area contributed by atoms with Crippen molar-refractivity contribution in [2.75, 3.05) is 0 Å². The van der Waals surface area contributed by atoms with Crippen LogP contribution < -0.4 is 0 Å². The summed E-state index contributed by atoms with van der Waals surface area (Å²) in [5.41, 5.74) is -1.26. The van der Waals surface area contributed by atoms with Gasteiger partial charge in [0.25, 0.3) is 0 Å². The predicted molar refractivity (Wildman–Crippen MR) is 95.9 cm³/mol. The average Bonchev–Trinajstić information content (AvgIpc) is 2.64. The van der Waals surface area contributed by atoms with Crippen LogP contribution in [0.25, 0.3) is 11.3 Å². The molecule has 0 radical (unpaired) electrons. The Hall–Kier alpha value is -2.93. The number of hydrogen-bond acceptors (Lipinski definition) is 2. The molecule has 1 N–H and O–H groups in total. The van der Waals surface area contributed by atoms with Gasteiger partial charge in [-0.15, -0.1) is 0 Å². The zero-order chi connectivity index (χ0) is 20.5. The molecule has 2 aromatic carbocycles. The molecule has 3 nitrogen and oxygen atoms in total. The lowest BCUT2D eigenvalue weighted by Gasteiger charge is -2.12. The summed E-state index contributed by atoms with van der Waals surface area (Å²) in [5.74, 6) is -2.43. The van der Waals surface area contributed by atoms with Crippen molar-refractivity contribution in [2.45, 2.75) is 12.6 Å². The molecule has 0 fully saturated rings. The fraction of sp³-hybridized carbons (Fsp3) is 0.100. The van der Waals surface area contributed by atoms with Crippen molar-refractivity contribution >= 4 is 17.6 Å². The highest BCUT2D eigenvalue weighted by Gasteiger charge is 2.31. The zero-order valence-corrected chi connectivity index (χ0v) is 14.9. The molecule has 0 aliphatic heterocycles. The van der Waals surface area contributed by atoms with E-state index in [-0.39, 0.29) is 28.9 Å². The first-order valence-corrected chi connectivity index (χ1v) is 8.38. The number of halogens is 5. The van der Waals surface area contributed by atoms with Crippen LogP contribution in [0.4, 0.5) is 17.6 Å². The number of carbonyl (C=O) groups is 1. The van der Waals surface area contributed by atoms with E-state index in [1.807, 2.05) is 0 Å². The largest absolute Gasteiger partial charge is 0.478 e. The molecular formula is C20H12ClF4NO2. The number of rotatable bonds is 4. The van der Waals surface area contributed by atoms with Crippen molar-refractivity contribution in [3.63, 3.8) is 0 Å². The van der Waals surface area contributed by atoms with Gasteiger partial charge in [-0.2, -0.15) is 13.2 Å². The fourth-order valence-electron chi connectivity index (χ4n) is 2.71. The third-order valence-electron chi connectivity index (χ3n) is 4.06. The lowest BCUT2D eigenvalue weighted by atomic mass is 10.0. The zero-order valence-electron chi connectivity index (χ0n) is 14.1. The molecule has 3 aromatic rings. The van der Waals surface area contributed by atoms with E-state index in [1.54, 1.807) is 24.3 Å². The molecule has 0 bridgehead atoms. The molecule has 0 atom stereocenters. The third-order valence-corrected chi connectivity index (χ3v) is 4.43. The van der Waals surface area contributed by atoms with Crippen molar-refractivity contribution < 1.29 is 27.5 Å². The van der Waals surface area contributed by atoms with Crippen LogP contribution in [0.3, 0.4) is 0 Å². The Labute approximate surface area is 162 Å². The van der Waals surface area contributed by atoms with E-state index in [4.69, 9.17) is 11.6 Å². The first kappa shape index (κ1) is 19.8. The second kappa shape index (κ2) is 7.59. The van der Waals surface area contributed by atoms with Gasteiger partial charge < -0.3 is 5.11 Å². The molecular weight excluding hydrogens is 398 g/mol. The standard InChI is InChI=1S/C20H12ClF4NO2/c21-15-7-2-1-4-11(15)9-17-14(19(27)28)10-16(22)18(26-17)12-5-3-6-13(8-12)20(23,24)25/h1-8,10H,9H2,(H,27,28). The topological polar surface area (TPSA) is 50.2 Å². The summed E-state index contributed by atoms with van der Waals surface area (Å²) in [6, 6.07) is 11.4. The van der Waals surface area contributed by atoms with E-state index < -0.39 is 23.5 Å². The maximum Gasteiger partial charge on any atom is 0.416 e. The number of aromatic carboxylic acids is 1. The lowest BCUT2D eigenvalue weighted by Crippen LogP contribution is -2.09. The summed E-state index contributed by atoms with van der Waals surface area (Å²) in [4.78, 5) is 15.5. The van der Waals surface area contributed by atoms with Gasteiger partial charge in [0.2, 0.25) is 0 Å². The van der Waals surface area contributed by atoms with Crippen LogP contribution in [0.15, 0.2) is 54.6 Å². The van der Waals surface area contributed by atoms with Gasteiger partial charge in [0, 0.05) is 17.0 Å². The smallest absolute Gasteiger partial charge is 0.416 e. The maximum atomic E-state index is 14.5. The predicted octanol–water partition coefficient (Wildman–Crippen LogP) is 5.85. The number of hydrogen-bond donors (Lipinski definition) is 1. The van der Waals surface area contributed by atoms with Crippen LogP contribution in [0.2, 0.25) is 5.02 Å². The van der Waals surface area contributed by atoms with E-state index in [0.29, 0.717) is 10.6 Å². The maximum absolute atomic E-state index is 14.5. The molecule has 8 heteroatoms. The monoisotopic (exact) mass is 409 g/mol. The highest BCUT2D eigenvalue weighted by Crippen LogP contribution is 2.33. The first-order chi connectivity index (χ1) is 13.2. The minimum absolute atomic E-state index is 0.00517. The van der Waals surface area contributed by atoms with Crippen LogP contribution in [-0.4, -0.2) is 16.1 Å². The number of aromatic nitrogens is 1. The SMILES string of the molecule is O=C(O)c1cc(F)c(-c2cccc(C(F)(F)F)c2)nc1Cc1ccccc1Cl. The molecule has 1 heterocycles. The van der Waals surface area contributed by atoms with Gasteiger partial charge in [-0.3, -0.25) is 0 Å². The summed E-state index contributed by atoms with van der Waals surface area (Å²) in [7, 11) is 0. The van der Waals surface area contributed by atoms with E-state index >= 15 is 0 Å². The molecule has 0 aliphatic carbocycles. The minimum atomic E-state index is -4.60. The molecule has 144 valence electrons. The van der Waals surface area contributed by atoms with Gasteiger partial charge in [-0.1, -0.05) is 41.9 Å².